The summed E-state index contributed by atoms with van der Waals surface area (Å²) in [7, 11) is 0. The maximum absolute atomic E-state index is 12.9. The summed E-state index contributed by atoms with van der Waals surface area (Å²) in [5.41, 5.74) is 1.08. The highest BCUT2D eigenvalue weighted by Gasteiger charge is 2.30. The minimum absolute atomic E-state index is 0.0936. The number of aryl methyl sites for hydroxylation is 1. The molecule has 0 spiro atoms. The summed E-state index contributed by atoms with van der Waals surface area (Å²) in [4.78, 5) is 12.6. The molecule has 0 saturated carbocycles. The first kappa shape index (κ1) is 26.6. The standard InChI is InChI=1S/C27H22ClF3N2O3/c1-3-35-24-13-19(12-23(28)25(24)36-16-18-9-7-17(2)8-10-18)11-20(15-32)26(34)33-22-6-4-5-21(14-22)27(29,30)31/h4-14H,3,16H2,1-2H3,(H,33,34)/b20-11+. The molecule has 3 aromatic carbocycles. The lowest BCUT2D eigenvalue weighted by Crippen LogP contribution is -2.14. The second kappa shape index (κ2) is 11.6. The van der Waals surface area contributed by atoms with E-state index in [0.29, 0.717) is 23.7 Å². The molecule has 0 aliphatic heterocycles. The normalized spacial score (nSPS) is 11.5. The van der Waals surface area contributed by atoms with Gasteiger partial charge in [-0.3, -0.25) is 4.79 Å². The maximum Gasteiger partial charge on any atom is 0.416 e. The fraction of sp³-hybridized carbons (Fsp3) is 0.185. The highest BCUT2D eigenvalue weighted by molar-refractivity contribution is 6.32. The fourth-order valence-electron chi connectivity index (χ4n) is 3.20. The predicted octanol–water partition coefficient (Wildman–Crippen LogP) is 7.19. The Labute approximate surface area is 211 Å². The number of ether oxygens (including phenoxy) is 2. The van der Waals surface area contributed by atoms with E-state index < -0.39 is 17.6 Å². The molecular weight excluding hydrogens is 493 g/mol. The maximum atomic E-state index is 12.9. The Morgan fingerprint density at radius 1 is 1.11 bits per heavy atom. The minimum atomic E-state index is -4.57. The van der Waals surface area contributed by atoms with Crippen LogP contribution in [0.2, 0.25) is 5.02 Å². The van der Waals surface area contributed by atoms with Crippen LogP contribution in [0.25, 0.3) is 6.08 Å². The fourth-order valence-corrected chi connectivity index (χ4v) is 3.47. The van der Waals surface area contributed by atoms with Crippen LogP contribution in [0.15, 0.2) is 66.2 Å². The number of carbonyl (C=O) groups is 1. The van der Waals surface area contributed by atoms with Crippen LogP contribution < -0.4 is 14.8 Å². The van der Waals surface area contributed by atoms with Gasteiger partial charge in [-0.1, -0.05) is 47.5 Å². The Balaban J connectivity index is 1.84. The number of nitrogens with one attached hydrogen (secondary N) is 1. The lowest BCUT2D eigenvalue weighted by Gasteiger charge is -2.15. The summed E-state index contributed by atoms with van der Waals surface area (Å²) in [5.74, 6) is -0.243. The van der Waals surface area contributed by atoms with Gasteiger partial charge in [0, 0.05) is 5.69 Å². The van der Waals surface area contributed by atoms with Crippen LogP contribution in [-0.2, 0) is 17.6 Å². The molecule has 0 fully saturated rings. The third-order valence-electron chi connectivity index (χ3n) is 4.96. The first-order valence-electron chi connectivity index (χ1n) is 10.9. The lowest BCUT2D eigenvalue weighted by atomic mass is 10.1. The number of hydrogen-bond donors (Lipinski definition) is 1. The number of rotatable bonds is 8. The second-order valence-electron chi connectivity index (χ2n) is 7.74. The highest BCUT2D eigenvalue weighted by Crippen LogP contribution is 2.38. The molecule has 0 aliphatic carbocycles. The smallest absolute Gasteiger partial charge is 0.416 e. The van der Waals surface area contributed by atoms with E-state index in [0.717, 1.165) is 29.3 Å². The van der Waals surface area contributed by atoms with Gasteiger partial charge in [0.15, 0.2) is 11.5 Å². The van der Waals surface area contributed by atoms with Crippen LogP contribution in [0, 0.1) is 18.3 Å². The van der Waals surface area contributed by atoms with Crippen molar-refractivity contribution in [3.63, 3.8) is 0 Å². The van der Waals surface area contributed by atoms with Crippen molar-refractivity contribution >= 4 is 29.3 Å². The number of nitriles is 1. The summed E-state index contributed by atoms with van der Waals surface area (Å²) >= 11 is 6.43. The van der Waals surface area contributed by atoms with Gasteiger partial charge in [0.2, 0.25) is 0 Å². The van der Waals surface area contributed by atoms with Gasteiger partial charge in [-0.2, -0.15) is 18.4 Å². The van der Waals surface area contributed by atoms with Gasteiger partial charge in [-0.15, -0.1) is 0 Å². The average molecular weight is 515 g/mol. The van der Waals surface area contributed by atoms with Crippen LogP contribution in [0.1, 0.15) is 29.2 Å². The topological polar surface area (TPSA) is 71.3 Å². The lowest BCUT2D eigenvalue weighted by molar-refractivity contribution is -0.137. The molecule has 186 valence electrons. The zero-order valence-electron chi connectivity index (χ0n) is 19.4. The van der Waals surface area contributed by atoms with E-state index in [1.54, 1.807) is 19.1 Å². The zero-order valence-corrected chi connectivity index (χ0v) is 20.2. The second-order valence-corrected chi connectivity index (χ2v) is 8.15. The quantitative estimate of drug-likeness (QED) is 0.255. The number of benzene rings is 3. The number of hydrogen-bond acceptors (Lipinski definition) is 4. The molecule has 0 unspecified atom stereocenters. The number of nitrogens with zero attached hydrogens (tertiary/aromatic N) is 1. The van der Waals surface area contributed by atoms with Crippen molar-refractivity contribution in [3.8, 4) is 17.6 Å². The van der Waals surface area contributed by atoms with Crippen molar-refractivity contribution in [2.45, 2.75) is 26.6 Å². The number of anilines is 1. The van der Waals surface area contributed by atoms with Gasteiger partial charge in [-0.25, -0.2) is 0 Å². The molecule has 1 N–H and O–H groups in total. The summed E-state index contributed by atoms with van der Waals surface area (Å²) in [6.07, 6.45) is -3.30. The van der Waals surface area contributed by atoms with Crippen LogP contribution >= 0.6 is 11.6 Å². The average Bonchev–Trinajstić information content (AvgIpc) is 2.83. The van der Waals surface area contributed by atoms with E-state index in [-0.39, 0.29) is 22.9 Å². The van der Waals surface area contributed by atoms with Crippen LogP contribution in [0.3, 0.4) is 0 Å². The molecule has 9 heteroatoms. The van der Waals surface area contributed by atoms with Gasteiger partial charge in [0.25, 0.3) is 5.91 Å². The minimum Gasteiger partial charge on any atom is -0.490 e. The van der Waals surface area contributed by atoms with Gasteiger partial charge < -0.3 is 14.8 Å². The van der Waals surface area contributed by atoms with Crippen LogP contribution in [0.4, 0.5) is 18.9 Å². The van der Waals surface area contributed by atoms with E-state index >= 15 is 0 Å². The van der Waals surface area contributed by atoms with Crippen molar-refractivity contribution in [1.29, 1.82) is 5.26 Å². The summed E-state index contributed by atoms with van der Waals surface area (Å²) in [6, 6.07) is 16.8. The van der Waals surface area contributed by atoms with E-state index in [1.165, 1.54) is 18.2 Å². The third kappa shape index (κ3) is 7.03. The molecule has 5 nitrogen and oxygen atoms in total. The first-order valence-corrected chi connectivity index (χ1v) is 11.2. The molecule has 36 heavy (non-hydrogen) atoms. The molecular formula is C27H22ClF3N2O3. The zero-order chi connectivity index (χ0) is 26.3. The summed E-state index contributed by atoms with van der Waals surface area (Å²) in [5, 5.41) is 12.0. The predicted molar refractivity (Wildman–Crippen MR) is 132 cm³/mol. The van der Waals surface area contributed by atoms with Crippen molar-refractivity contribution in [2.75, 3.05) is 11.9 Å². The molecule has 0 saturated heterocycles. The molecule has 3 rings (SSSR count). The molecule has 0 atom stereocenters. The summed E-state index contributed by atoms with van der Waals surface area (Å²) < 4.78 is 50.4. The molecule has 0 heterocycles. The number of alkyl halides is 3. The molecule has 0 radical (unpaired) electrons. The Bertz CT molecular complexity index is 1310. The van der Waals surface area contributed by atoms with Gasteiger partial charge in [0.05, 0.1) is 17.2 Å². The number of amides is 1. The van der Waals surface area contributed by atoms with Crippen molar-refractivity contribution < 1.29 is 27.4 Å². The third-order valence-corrected chi connectivity index (χ3v) is 5.24. The Hall–Kier alpha value is -3.96. The first-order chi connectivity index (χ1) is 17.1. The molecule has 1 amide bonds. The van der Waals surface area contributed by atoms with Gasteiger partial charge in [-0.05, 0) is 61.4 Å². The number of carbonyl (C=O) groups excluding carboxylic acids is 1. The Morgan fingerprint density at radius 3 is 2.47 bits per heavy atom. The van der Waals surface area contributed by atoms with Gasteiger partial charge in [0.1, 0.15) is 18.2 Å². The Morgan fingerprint density at radius 2 is 1.83 bits per heavy atom. The van der Waals surface area contributed by atoms with E-state index in [1.807, 2.05) is 31.2 Å². The molecule has 3 aromatic rings. The molecule has 0 aromatic heterocycles. The van der Waals surface area contributed by atoms with Gasteiger partial charge >= 0.3 is 6.18 Å². The number of halogens is 4. The van der Waals surface area contributed by atoms with Crippen molar-refractivity contribution in [2.24, 2.45) is 0 Å². The van der Waals surface area contributed by atoms with Crippen molar-refractivity contribution in [1.82, 2.24) is 0 Å². The van der Waals surface area contributed by atoms with E-state index in [2.05, 4.69) is 5.32 Å². The summed E-state index contributed by atoms with van der Waals surface area (Å²) in [6.45, 7) is 4.32. The van der Waals surface area contributed by atoms with E-state index in [9.17, 15) is 23.2 Å². The monoisotopic (exact) mass is 514 g/mol. The largest absolute Gasteiger partial charge is 0.490 e. The SMILES string of the molecule is CCOc1cc(/C=C(\C#N)C(=O)Nc2cccc(C(F)(F)F)c2)cc(Cl)c1OCc1ccc(C)cc1. The van der Waals surface area contributed by atoms with Crippen LogP contribution in [-0.4, -0.2) is 12.5 Å². The van der Waals surface area contributed by atoms with E-state index in [4.69, 9.17) is 21.1 Å². The molecule has 0 aliphatic rings. The van der Waals surface area contributed by atoms with Crippen LogP contribution in [0.5, 0.6) is 11.5 Å². The van der Waals surface area contributed by atoms with Crippen molar-refractivity contribution in [3.05, 3.63) is 93.5 Å². The Kier molecular flexibility index (Phi) is 8.62. The highest BCUT2D eigenvalue weighted by atomic mass is 35.5. The molecule has 0 bridgehead atoms.